The molecule has 0 saturated heterocycles. The molecule has 5 aromatic rings. The van der Waals surface area contributed by atoms with E-state index in [0.29, 0.717) is 0 Å². The van der Waals surface area contributed by atoms with Crippen LogP contribution in [0.4, 0.5) is 13.2 Å². The zero-order chi connectivity index (χ0) is 25.8. The summed E-state index contributed by atoms with van der Waals surface area (Å²) in [4.78, 5) is 0. The summed E-state index contributed by atoms with van der Waals surface area (Å²) in [7, 11) is -6.09. The van der Waals surface area contributed by atoms with Crippen LogP contribution in [0.2, 0.25) is 0 Å². The minimum Gasteiger partial charge on any atom is -0.741 e. The Morgan fingerprint density at radius 3 is 1.56 bits per heavy atom. The van der Waals surface area contributed by atoms with Crippen molar-refractivity contribution in [3.63, 3.8) is 0 Å². The largest absolute Gasteiger partial charge is 0.741 e. The molecule has 0 saturated carbocycles. The molecule has 0 aliphatic rings. The van der Waals surface area contributed by atoms with E-state index in [4.69, 9.17) is 13.0 Å². The van der Waals surface area contributed by atoms with Gasteiger partial charge in [0.1, 0.15) is 0 Å². The second kappa shape index (κ2) is 10.2. The van der Waals surface area contributed by atoms with Crippen LogP contribution in [0, 0.1) is 12.0 Å². The standard InChI is InChI=1S/C27H18N.CHF3O3S/c1-3-11-21(12-4-1)19-20-28-25-17-9-7-15-23(25)27(22-13-5-2-6-14-22)24-16-8-10-18-26(24)28;2-1(3,4)8(5,6)7/h1-18H;(H,5,6,7)/q+1;/p-1. The lowest BCUT2D eigenvalue weighted by molar-refractivity contribution is -0.524. The fourth-order valence-corrected chi connectivity index (χ4v) is 3.71. The Bertz CT molecular complexity index is 1630. The minimum atomic E-state index is -6.09. The lowest BCUT2D eigenvalue weighted by Gasteiger charge is -2.09. The average Bonchev–Trinajstić information content (AvgIpc) is 2.87. The number of rotatable bonds is 1. The Morgan fingerprint density at radius 2 is 1.08 bits per heavy atom. The smallest absolute Gasteiger partial charge is 0.485 e. The first-order valence-electron chi connectivity index (χ1n) is 10.7. The third-order valence-corrected chi connectivity index (χ3v) is 5.83. The molecule has 0 amide bonds. The van der Waals surface area contributed by atoms with Crippen LogP contribution < -0.4 is 4.57 Å². The SMILES string of the molecule is C(#C[n+]1c2ccccc2c(-c2ccccc2)c2ccccc21)c1ccccc1.O=S(=O)([O-])C(F)(F)F. The van der Waals surface area contributed by atoms with E-state index in [1.54, 1.807) is 0 Å². The Morgan fingerprint density at radius 1 is 0.667 bits per heavy atom. The van der Waals surface area contributed by atoms with Crippen molar-refractivity contribution < 1.29 is 30.7 Å². The minimum absolute atomic E-state index is 1.01. The number of benzene rings is 4. The Kier molecular flexibility index (Phi) is 7.06. The molecule has 0 unspecified atom stereocenters. The molecule has 0 fully saturated rings. The predicted molar refractivity (Wildman–Crippen MR) is 132 cm³/mol. The topological polar surface area (TPSA) is 61.1 Å². The number of pyridine rings is 1. The van der Waals surface area contributed by atoms with Crippen molar-refractivity contribution in [2.45, 2.75) is 5.51 Å². The molecule has 1 aromatic heterocycles. The van der Waals surface area contributed by atoms with Gasteiger partial charge in [0.15, 0.2) is 10.1 Å². The van der Waals surface area contributed by atoms with Crippen molar-refractivity contribution in [2.75, 3.05) is 0 Å². The summed E-state index contributed by atoms with van der Waals surface area (Å²) < 4.78 is 61.0. The second-order valence-corrected chi connectivity index (χ2v) is 8.98. The van der Waals surface area contributed by atoms with Crippen molar-refractivity contribution in [1.29, 1.82) is 0 Å². The van der Waals surface area contributed by atoms with Crippen molar-refractivity contribution in [3.05, 3.63) is 115 Å². The van der Waals surface area contributed by atoms with Gasteiger partial charge < -0.3 is 4.55 Å². The number of aromatic nitrogens is 1. The van der Waals surface area contributed by atoms with E-state index >= 15 is 0 Å². The van der Waals surface area contributed by atoms with E-state index in [9.17, 15) is 13.2 Å². The monoisotopic (exact) mass is 505 g/mol. The zero-order valence-electron chi connectivity index (χ0n) is 18.6. The van der Waals surface area contributed by atoms with E-state index in [2.05, 4.69) is 95.4 Å². The number of halogens is 3. The fourth-order valence-electron chi connectivity index (χ4n) is 3.71. The molecule has 0 atom stereocenters. The highest BCUT2D eigenvalue weighted by Gasteiger charge is 2.36. The van der Waals surface area contributed by atoms with Gasteiger partial charge in [0, 0.05) is 29.2 Å². The van der Waals surface area contributed by atoms with Gasteiger partial charge in [-0.3, -0.25) is 0 Å². The van der Waals surface area contributed by atoms with E-state index in [-0.39, 0.29) is 0 Å². The first kappa shape index (κ1) is 24.9. The molecule has 8 heteroatoms. The Labute approximate surface area is 206 Å². The van der Waals surface area contributed by atoms with E-state index in [0.717, 1.165) is 16.6 Å². The average molecular weight is 506 g/mol. The molecular formula is C28H18F3NO3S. The van der Waals surface area contributed by atoms with Gasteiger partial charge in [-0.1, -0.05) is 72.8 Å². The number of hydrogen-bond donors (Lipinski definition) is 0. The summed E-state index contributed by atoms with van der Waals surface area (Å²) >= 11 is 0. The molecular weight excluding hydrogens is 487 g/mol. The summed E-state index contributed by atoms with van der Waals surface area (Å²) in [5.41, 5.74) is 0.0670. The summed E-state index contributed by atoms with van der Waals surface area (Å²) in [6.07, 6.45) is 0. The van der Waals surface area contributed by atoms with Gasteiger partial charge in [-0.05, 0) is 29.8 Å². The van der Waals surface area contributed by atoms with E-state index < -0.39 is 15.6 Å². The third-order valence-electron chi connectivity index (χ3n) is 5.26. The van der Waals surface area contributed by atoms with Crippen LogP contribution in [-0.4, -0.2) is 18.5 Å². The molecule has 0 aliphatic carbocycles. The first-order valence-corrected chi connectivity index (χ1v) is 12.1. The van der Waals surface area contributed by atoms with Crippen LogP contribution in [0.5, 0.6) is 0 Å². The number of nitrogens with zero attached hydrogens (tertiary/aromatic N) is 1. The fraction of sp³-hybridized carbons (Fsp3) is 0.0357. The molecule has 4 aromatic carbocycles. The lowest BCUT2D eigenvalue weighted by atomic mass is 9.96. The summed E-state index contributed by atoms with van der Waals surface area (Å²) in [5.74, 6) is 3.32. The van der Waals surface area contributed by atoms with Gasteiger partial charge in [0.2, 0.25) is 17.1 Å². The van der Waals surface area contributed by atoms with Crippen molar-refractivity contribution in [1.82, 2.24) is 0 Å². The molecule has 5 rings (SSSR count). The van der Waals surface area contributed by atoms with Crippen molar-refractivity contribution >= 4 is 31.9 Å². The highest BCUT2D eigenvalue weighted by Crippen LogP contribution is 2.33. The van der Waals surface area contributed by atoms with Gasteiger partial charge >= 0.3 is 5.51 Å². The lowest BCUT2D eigenvalue weighted by Crippen LogP contribution is -2.30. The van der Waals surface area contributed by atoms with Crippen LogP contribution in [0.3, 0.4) is 0 Å². The highest BCUT2D eigenvalue weighted by atomic mass is 32.2. The number of para-hydroxylation sites is 2. The van der Waals surface area contributed by atoms with Crippen LogP contribution in [-0.2, 0) is 10.1 Å². The molecule has 0 aliphatic heterocycles. The van der Waals surface area contributed by atoms with Gasteiger partial charge in [0.25, 0.3) is 0 Å². The molecule has 0 radical (unpaired) electrons. The molecule has 0 N–H and O–H groups in total. The Hall–Kier alpha value is -4.19. The summed E-state index contributed by atoms with van der Waals surface area (Å²) in [5, 5.41) is 2.41. The summed E-state index contributed by atoms with van der Waals surface area (Å²) in [6.45, 7) is 0. The molecule has 4 nitrogen and oxygen atoms in total. The molecule has 0 bridgehead atoms. The van der Waals surface area contributed by atoms with E-state index in [1.807, 2.05) is 30.3 Å². The maximum absolute atomic E-state index is 10.7. The zero-order valence-corrected chi connectivity index (χ0v) is 19.4. The Balaban J connectivity index is 0.000000331. The normalized spacial score (nSPS) is 11.3. The maximum atomic E-state index is 10.7. The second-order valence-electron chi connectivity index (χ2n) is 7.61. The number of fused-ring (bicyclic) bond motifs is 2. The van der Waals surface area contributed by atoms with Crippen LogP contribution in [0.15, 0.2) is 109 Å². The molecule has 1 heterocycles. The van der Waals surface area contributed by atoms with Gasteiger partial charge in [-0.15, -0.1) is 4.57 Å². The van der Waals surface area contributed by atoms with Crippen LogP contribution >= 0.6 is 0 Å². The number of hydrogen-bond acceptors (Lipinski definition) is 3. The van der Waals surface area contributed by atoms with Crippen molar-refractivity contribution in [2.24, 2.45) is 0 Å². The first-order chi connectivity index (χ1) is 17.2. The predicted octanol–water partition coefficient (Wildman–Crippen LogP) is 5.86. The molecule has 36 heavy (non-hydrogen) atoms. The third kappa shape index (κ3) is 5.38. The van der Waals surface area contributed by atoms with Crippen LogP contribution in [0.25, 0.3) is 32.9 Å². The van der Waals surface area contributed by atoms with E-state index in [1.165, 1.54) is 21.9 Å². The summed E-state index contributed by atoms with van der Waals surface area (Å²) in [6, 6.07) is 41.1. The molecule has 180 valence electrons. The quantitative estimate of drug-likeness (QED) is 0.0943. The maximum Gasteiger partial charge on any atom is 0.485 e. The molecule has 0 spiro atoms. The number of alkyl halides is 3. The van der Waals surface area contributed by atoms with Crippen LogP contribution in [0.1, 0.15) is 5.56 Å². The highest BCUT2D eigenvalue weighted by molar-refractivity contribution is 7.86. The van der Waals surface area contributed by atoms with Crippen molar-refractivity contribution in [3.8, 4) is 23.1 Å². The van der Waals surface area contributed by atoms with Gasteiger partial charge in [0.05, 0.1) is 10.8 Å². The van der Waals surface area contributed by atoms with Gasteiger partial charge in [-0.2, -0.15) is 13.2 Å². The van der Waals surface area contributed by atoms with Gasteiger partial charge in [-0.25, -0.2) is 8.42 Å².